The van der Waals surface area contributed by atoms with Crippen LogP contribution in [0.1, 0.15) is 12.5 Å². The summed E-state index contributed by atoms with van der Waals surface area (Å²) < 4.78 is 30.6. The van der Waals surface area contributed by atoms with Crippen molar-refractivity contribution in [1.82, 2.24) is 9.80 Å². The highest BCUT2D eigenvalue weighted by atomic mass is 35.5. The molecule has 1 aliphatic rings. The minimum atomic E-state index is -3.68. The third-order valence-corrected chi connectivity index (χ3v) is 5.88. The zero-order valence-electron chi connectivity index (χ0n) is 15.6. The molecular weight excluding hydrogens is 394 g/mol. The van der Waals surface area contributed by atoms with Gasteiger partial charge in [-0.2, -0.15) is 0 Å². The number of amides is 2. The molecule has 1 fully saturated rings. The van der Waals surface area contributed by atoms with Gasteiger partial charge >= 0.3 is 6.09 Å². The minimum absolute atomic E-state index is 0.292. The summed E-state index contributed by atoms with van der Waals surface area (Å²) in [7, 11) is -3.68. The lowest BCUT2D eigenvalue weighted by atomic mass is 10.2. The lowest BCUT2D eigenvalue weighted by Crippen LogP contribution is -2.53. The largest absolute Gasteiger partial charge is 0.450 e. The Kier molecular flexibility index (Phi) is 6.94. The summed E-state index contributed by atoms with van der Waals surface area (Å²) in [6.07, 6.45) is 0.649. The van der Waals surface area contributed by atoms with Crippen molar-refractivity contribution in [2.24, 2.45) is 0 Å². The van der Waals surface area contributed by atoms with Crippen LogP contribution in [0.5, 0.6) is 0 Å². The SMILES string of the molecule is CCOC(=O)N1CCN(C(=O)CN(c2cccc(Cl)c2C)S(C)(=O)=O)CC1. The van der Waals surface area contributed by atoms with Crippen LogP contribution in [0.3, 0.4) is 0 Å². The van der Waals surface area contributed by atoms with E-state index in [-0.39, 0.29) is 12.5 Å². The molecule has 1 aromatic rings. The van der Waals surface area contributed by atoms with Crippen LogP contribution >= 0.6 is 11.6 Å². The molecule has 1 aromatic carbocycles. The normalized spacial score (nSPS) is 14.8. The number of hydrogen-bond acceptors (Lipinski definition) is 5. The maximum atomic E-state index is 12.7. The molecule has 0 N–H and O–H groups in total. The Labute approximate surface area is 164 Å². The van der Waals surface area contributed by atoms with Crippen molar-refractivity contribution < 1.29 is 22.7 Å². The molecule has 0 radical (unpaired) electrons. The van der Waals surface area contributed by atoms with Gasteiger partial charge in [-0.1, -0.05) is 17.7 Å². The van der Waals surface area contributed by atoms with Crippen LogP contribution < -0.4 is 4.31 Å². The number of halogens is 1. The monoisotopic (exact) mass is 417 g/mol. The van der Waals surface area contributed by atoms with E-state index >= 15 is 0 Å². The zero-order valence-corrected chi connectivity index (χ0v) is 17.2. The highest BCUT2D eigenvalue weighted by molar-refractivity contribution is 7.92. The third-order valence-electron chi connectivity index (χ3n) is 4.35. The highest BCUT2D eigenvalue weighted by Gasteiger charge is 2.29. The van der Waals surface area contributed by atoms with Gasteiger partial charge in [-0.3, -0.25) is 9.10 Å². The summed E-state index contributed by atoms with van der Waals surface area (Å²) in [5.74, 6) is -0.330. The summed E-state index contributed by atoms with van der Waals surface area (Å²) in [5.41, 5.74) is 0.966. The van der Waals surface area contributed by atoms with E-state index in [4.69, 9.17) is 16.3 Å². The molecule has 8 nitrogen and oxygen atoms in total. The molecule has 10 heteroatoms. The second-order valence-corrected chi connectivity index (χ2v) is 8.53. The molecular formula is C17H24ClN3O5S. The number of rotatable bonds is 5. The number of carbonyl (C=O) groups excluding carboxylic acids is 2. The average Bonchev–Trinajstić information content (AvgIpc) is 2.61. The number of ether oxygens (including phenoxy) is 1. The van der Waals surface area contributed by atoms with Gasteiger partial charge in [0.05, 0.1) is 18.6 Å². The lowest BCUT2D eigenvalue weighted by molar-refractivity contribution is -0.131. The Morgan fingerprint density at radius 3 is 2.33 bits per heavy atom. The molecule has 150 valence electrons. The Morgan fingerprint density at radius 2 is 1.78 bits per heavy atom. The van der Waals surface area contributed by atoms with Gasteiger partial charge in [-0.25, -0.2) is 13.2 Å². The number of sulfonamides is 1. The first-order chi connectivity index (χ1) is 12.6. The first kappa shape index (κ1) is 21.3. The quantitative estimate of drug-likeness (QED) is 0.727. The van der Waals surface area contributed by atoms with E-state index in [9.17, 15) is 18.0 Å². The summed E-state index contributed by atoms with van der Waals surface area (Å²) in [6, 6.07) is 4.93. The van der Waals surface area contributed by atoms with E-state index < -0.39 is 16.1 Å². The van der Waals surface area contributed by atoms with E-state index in [0.29, 0.717) is 49.1 Å². The molecule has 0 atom stereocenters. The van der Waals surface area contributed by atoms with Crippen molar-refractivity contribution in [2.75, 3.05) is 49.9 Å². The van der Waals surface area contributed by atoms with Crippen molar-refractivity contribution in [3.05, 3.63) is 28.8 Å². The lowest BCUT2D eigenvalue weighted by Gasteiger charge is -2.35. The molecule has 2 amide bonds. The molecule has 0 saturated carbocycles. The maximum absolute atomic E-state index is 12.7. The molecule has 0 aromatic heterocycles. The Hall–Kier alpha value is -2.00. The summed E-state index contributed by atoms with van der Waals surface area (Å²) in [5, 5.41) is 0.427. The van der Waals surface area contributed by atoms with Gasteiger partial charge in [0.2, 0.25) is 15.9 Å². The summed E-state index contributed by atoms with van der Waals surface area (Å²) in [4.78, 5) is 27.5. The number of hydrogen-bond donors (Lipinski definition) is 0. The average molecular weight is 418 g/mol. The van der Waals surface area contributed by atoms with E-state index in [1.807, 2.05) is 0 Å². The number of anilines is 1. The first-order valence-corrected chi connectivity index (χ1v) is 10.8. The number of piperazine rings is 1. The molecule has 2 rings (SSSR count). The van der Waals surface area contributed by atoms with Gasteiger partial charge in [0.15, 0.2) is 0 Å². The van der Waals surface area contributed by atoms with Crippen molar-refractivity contribution in [3.8, 4) is 0 Å². The van der Waals surface area contributed by atoms with Gasteiger partial charge in [-0.15, -0.1) is 0 Å². The topological polar surface area (TPSA) is 87.2 Å². The standard InChI is InChI=1S/C17H24ClN3O5S/c1-4-26-17(23)20-10-8-19(9-11-20)16(22)12-21(27(3,24)25)15-7-5-6-14(18)13(15)2/h5-7H,4,8-12H2,1-3H3. The van der Waals surface area contributed by atoms with Gasteiger partial charge in [0, 0.05) is 31.2 Å². The van der Waals surface area contributed by atoms with Crippen LogP contribution in [0.4, 0.5) is 10.5 Å². The van der Waals surface area contributed by atoms with Gasteiger partial charge in [0.1, 0.15) is 6.54 Å². The predicted molar refractivity (Wildman–Crippen MR) is 104 cm³/mol. The molecule has 0 spiro atoms. The zero-order chi connectivity index (χ0) is 20.2. The van der Waals surface area contributed by atoms with Crippen LogP contribution in [-0.4, -0.2) is 75.8 Å². The Morgan fingerprint density at radius 1 is 1.19 bits per heavy atom. The fourth-order valence-electron chi connectivity index (χ4n) is 2.82. The summed E-state index contributed by atoms with van der Waals surface area (Å²) in [6.45, 7) is 4.75. The smallest absolute Gasteiger partial charge is 0.409 e. The maximum Gasteiger partial charge on any atom is 0.409 e. The van der Waals surface area contributed by atoms with Crippen LogP contribution in [0.15, 0.2) is 18.2 Å². The van der Waals surface area contributed by atoms with E-state index in [0.717, 1.165) is 10.6 Å². The molecule has 1 saturated heterocycles. The highest BCUT2D eigenvalue weighted by Crippen LogP contribution is 2.28. The van der Waals surface area contributed by atoms with E-state index in [2.05, 4.69) is 0 Å². The Bertz CT molecular complexity index is 807. The third kappa shape index (κ3) is 5.26. The van der Waals surface area contributed by atoms with Crippen molar-refractivity contribution in [3.63, 3.8) is 0 Å². The van der Waals surface area contributed by atoms with Crippen molar-refractivity contribution >= 4 is 39.3 Å². The second kappa shape index (κ2) is 8.79. The van der Waals surface area contributed by atoms with Crippen LogP contribution in [0, 0.1) is 6.92 Å². The molecule has 0 aliphatic carbocycles. The fraction of sp³-hybridized carbons (Fsp3) is 0.529. The molecule has 27 heavy (non-hydrogen) atoms. The van der Waals surface area contributed by atoms with Gasteiger partial charge in [-0.05, 0) is 31.5 Å². The molecule has 1 aliphatic heterocycles. The minimum Gasteiger partial charge on any atom is -0.450 e. The second-order valence-electron chi connectivity index (χ2n) is 6.22. The summed E-state index contributed by atoms with van der Waals surface area (Å²) >= 11 is 6.10. The van der Waals surface area contributed by atoms with Crippen LogP contribution in [-0.2, 0) is 19.6 Å². The van der Waals surface area contributed by atoms with E-state index in [1.54, 1.807) is 36.9 Å². The number of nitrogens with zero attached hydrogens (tertiary/aromatic N) is 3. The van der Waals surface area contributed by atoms with E-state index in [1.165, 1.54) is 4.90 Å². The fourth-order valence-corrected chi connectivity index (χ4v) is 3.89. The van der Waals surface area contributed by atoms with Crippen molar-refractivity contribution in [2.45, 2.75) is 13.8 Å². The van der Waals surface area contributed by atoms with Gasteiger partial charge < -0.3 is 14.5 Å². The van der Waals surface area contributed by atoms with Crippen molar-refractivity contribution in [1.29, 1.82) is 0 Å². The first-order valence-electron chi connectivity index (χ1n) is 8.57. The number of benzene rings is 1. The number of carbonyl (C=O) groups is 2. The predicted octanol–water partition coefficient (Wildman–Crippen LogP) is 1.72. The van der Waals surface area contributed by atoms with Gasteiger partial charge in [0.25, 0.3) is 0 Å². The molecule has 0 unspecified atom stereocenters. The molecule has 1 heterocycles. The van der Waals surface area contributed by atoms with Crippen LogP contribution in [0.25, 0.3) is 0 Å². The molecule has 0 bridgehead atoms. The van der Waals surface area contributed by atoms with Crippen LogP contribution in [0.2, 0.25) is 5.02 Å². The Balaban J connectivity index is 2.10.